The van der Waals surface area contributed by atoms with E-state index in [1.54, 1.807) is 17.3 Å². The number of hydrogen-bond donors (Lipinski definition) is 0. The Hall–Kier alpha value is -1.71. The molecule has 0 bridgehead atoms. The van der Waals surface area contributed by atoms with Gasteiger partial charge in [0.25, 0.3) is 0 Å². The van der Waals surface area contributed by atoms with Crippen molar-refractivity contribution in [2.75, 3.05) is 6.54 Å². The van der Waals surface area contributed by atoms with Gasteiger partial charge in [-0.15, -0.1) is 0 Å². The number of carbonyl (C=O) groups excluding carboxylic acids is 2. The van der Waals surface area contributed by atoms with Gasteiger partial charge in [-0.1, -0.05) is 6.07 Å². The van der Waals surface area contributed by atoms with Gasteiger partial charge in [0.05, 0.1) is 19.0 Å². The number of rotatable bonds is 2. The molecule has 1 aliphatic rings. The molecule has 1 unspecified atom stereocenters. The van der Waals surface area contributed by atoms with Crippen LogP contribution in [0.4, 0.5) is 0 Å². The summed E-state index contributed by atoms with van der Waals surface area (Å²) in [6.07, 6.45) is 3.46. The topological polar surface area (TPSA) is 50.3 Å². The number of nitrogens with zero attached hydrogens (tertiary/aromatic N) is 2. The lowest BCUT2D eigenvalue weighted by Crippen LogP contribution is -2.28. The predicted molar refractivity (Wildman–Crippen MR) is 54.0 cm³/mol. The van der Waals surface area contributed by atoms with E-state index >= 15 is 0 Å². The van der Waals surface area contributed by atoms with Crippen molar-refractivity contribution in [1.82, 2.24) is 9.88 Å². The van der Waals surface area contributed by atoms with Crippen LogP contribution in [0.5, 0.6) is 0 Å². The Bertz CT molecular complexity index is 389. The highest BCUT2D eigenvalue weighted by Gasteiger charge is 2.31. The van der Waals surface area contributed by atoms with Crippen LogP contribution in [0.25, 0.3) is 0 Å². The summed E-state index contributed by atoms with van der Waals surface area (Å²) in [5.41, 5.74) is 0.959. The molecule has 1 aromatic heterocycles. The number of ketones is 1. The number of pyridine rings is 1. The van der Waals surface area contributed by atoms with Gasteiger partial charge in [-0.05, 0) is 18.6 Å². The van der Waals surface area contributed by atoms with Crippen LogP contribution in [0, 0.1) is 0 Å². The SMILES string of the molecule is CC(c1cccnc1)N1CC(=O)CC1=O. The van der Waals surface area contributed by atoms with Gasteiger partial charge in [-0.25, -0.2) is 0 Å². The Morgan fingerprint density at radius 2 is 2.27 bits per heavy atom. The molecule has 4 nitrogen and oxygen atoms in total. The van der Waals surface area contributed by atoms with Crippen LogP contribution in [-0.4, -0.2) is 28.1 Å². The number of amides is 1. The third-order valence-electron chi connectivity index (χ3n) is 2.65. The molecule has 2 rings (SSSR count). The molecule has 78 valence electrons. The number of carbonyl (C=O) groups is 2. The molecule has 0 spiro atoms. The van der Waals surface area contributed by atoms with E-state index in [1.165, 1.54) is 0 Å². The van der Waals surface area contributed by atoms with Crippen LogP contribution >= 0.6 is 0 Å². The Balaban J connectivity index is 2.18. The molecule has 0 aliphatic carbocycles. The normalized spacial score (nSPS) is 18.3. The fraction of sp³-hybridized carbons (Fsp3) is 0.364. The number of Topliss-reactive ketones (excluding diaryl/α,β-unsaturated/α-hetero) is 1. The smallest absolute Gasteiger partial charge is 0.231 e. The zero-order valence-electron chi connectivity index (χ0n) is 8.51. The molecule has 15 heavy (non-hydrogen) atoms. The molecule has 4 heteroatoms. The third kappa shape index (κ3) is 1.88. The number of likely N-dealkylation sites (tertiary alicyclic amines) is 1. The highest BCUT2D eigenvalue weighted by molar-refractivity contribution is 6.05. The second kappa shape index (κ2) is 3.81. The average Bonchev–Trinajstić information content (AvgIpc) is 2.58. The van der Waals surface area contributed by atoms with Crippen molar-refractivity contribution >= 4 is 11.7 Å². The number of hydrogen-bond acceptors (Lipinski definition) is 3. The lowest BCUT2D eigenvalue weighted by molar-refractivity contribution is -0.129. The summed E-state index contributed by atoms with van der Waals surface area (Å²) >= 11 is 0. The maximum Gasteiger partial charge on any atom is 0.231 e. The van der Waals surface area contributed by atoms with Crippen molar-refractivity contribution in [2.45, 2.75) is 19.4 Å². The molecule has 1 aromatic rings. The lowest BCUT2D eigenvalue weighted by Gasteiger charge is -2.23. The van der Waals surface area contributed by atoms with Crippen molar-refractivity contribution < 1.29 is 9.59 Å². The molecule has 1 amide bonds. The first-order chi connectivity index (χ1) is 7.18. The first-order valence-corrected chi connectivity index (χ1v) is 4.89. The summed E-state index contributed by atoms with van der Waals surface area (Å²) < 4.78 is 0. The average molecular weight is 204 g/mol. The van der Waals surface area contributed by atoms with Gasteiger partial charge in [-0.3, -0.25) is 14.6 Å². The van der Waals surface area contributed by atoms with Crippen molar-refractivity contribution in [3.05, 3.63) is 30.1 Å². The highest BCUT2D eigenvalue weighted by Crippen LogP contribution is 2.23. The van der Waals surface area contributed by atoms with Crippen LogP contribution in [0.15, 0.2) is 24.5 Å². The summed E-state index contributed by atoms with van der Waals surface area (Å²) in [7, 11) is 0. The predicted octanol–water partition coefficient (Wildman–Crippen LogP) is 0.944. The minimum atomic E-state index is -0.0867. The van der Waals surface area contributed by atoms with Crippen LogP contribution in [0.2, 0.25) is 0 Å². The van der Waals surface area contributed by atoms with Gasteiger partial charge in [0.2, 0.25) is 5.91 Å². The highest BCUT2D eigenvalue weighted by atomic mass is 16.2. The van der Waals surface area contributed by atoms with Crippen LogP contribution in [0.3, 0.4) is 0 Å². The largest absolute Gasteiger partial charge is 0.328 e. The van der Waals surface area contributed by atoms with Crippen molar-refractivity contribution in [1.29, 1.82) is 0 Å². The van der Waals surface area contributed by atoms with E-state index < -0.39 is 0 Å². The van der Waals surface area contributed by atoms with Crippen LogP contribution in [-0.2, 0) is 9.59 Å². The van der Waals surface area contributed by atoms with Gasteiger partial charge in [0, 0.05) is 12.4 Å². The van der Waals surface area contributed by atoms with Crippen LogP contribution < -0.4 is 0 Å². The molecule has 1 aliphatic heterocycles. The van der Waals surface area contributed by atoms with Gasteiger partial charge in [-0.2, -0.15) is 0 Å². The fourth-order valence-corrected chi connectivity index (χ4v) is 1.76. The minimum absolute atomic E-state index is 0.00394. The summed E-state index contributed by atoms with van der Waals surface area (Å²) in [5.74, 6) is -0.0907. The molecule has 1 fully saturated rings. The molecule has 0 saturated carbocycles. The van der Waals surface area contributed by atoms with Crippen molar-refractivity contribution in [2.24, 2.45) is 0 Å². The molecule has 1 saturated heterocycles. The summed E-state index contributed by atoms with van der Waals surface area (Å²) in [6, 6.07) is 3.67. The Morgan fingerprint density at radius 1 is 1.47 bits per heavy atom. The summed E-state index contributed by atoms with van der Waals surface area (Å²) in [5, 5.41) is 0. The lowest BCUT2D eigenvalue weighted by atomic mass is 10.1. The zero-order chi connectivity index (χ0) is 10.8. The molecule has 2 heterocycles. The van der Waals surface area contributed by atoms with Crippen LogP contribution in [0.1, 0.15) is 24.9 Å². The third-order valence-corrected chi connectivity index (χ3v) is 2.65. The van der Waals surface area contributed by atoms with E-state index in [-0.39, 0.29) is 30.7 Å². The molecule has 0 radical (unpaired) electrons. The van der Waals surface area contributed by atoms with Gasteiger partial charge in [0.15, 0.2) is 5.78 Å². The Kier molecular flexibility index (Phi) is 2.49. The quantitative estimate of drug-likeness (QED) is 0.674. The minimum Gasteiger partial charge on any atom is -0.328 e. The second-order valence-corrected chi connectivity index (χ2v) is 3.70. The standard InChI is InChI=1S/C11H12N2O2/c1-8(9-3-2-4-12-6-9)13-7-10(14)5-11(13)15/h2-4,6,8H,5,7H2,1H3. The monoisotopic (exact) mass is 204 g/mol. The van der Waals surface area contributed by atoms with Gasteiger partial charge >= 0.3 is 0 Å². The maximum absolute atomic E-state index is 11.5. The molecular formula is C11H12N2O2. The second-order valence-electron chi connectivity index (χ2n) is 3.70. The van der Waals surface area contributed by atoms with E-state index in [0.29, 0.717) is 0 Å². The molecule has 0 aromatic carbocycles. The van der Waals surface area contributed by atoms with E-state index in [0.717, 1.165) is 5.56 Å². The Morgan fingerprint density at radius 3 is 2.80 bits per heavy atom. The van der Waals surface area contributed by atoms with E-state index in [9.17, 15) is 9.59 Å². The van der Waals surface area contributed by atoms with Crippen molar-refractivity contribution in [3.8, 4) is 0 Å². The zero-order valence-corrected chi connectivity index (χ0v) is 8.51. The number of aromatic nitrogens is 1. The fourth-order valence-electron chi connectivity index (χ4n) is 1.76. The first-order valence-electron chi connectivity index (χ1n) is 4.89. The maximum atomic E-state index is 11.5. The van der Waals surface area contributed by atoms with Gasteiger partial charge in [0.1, 0.15) is 0 Å². The van der Waals surface area contributed by atoms with E-state index in [4.69, 9.17) is 0 Å². The summed E-state index contributed by atoms with van der Waals surface area (Å²) in [6.45, 7) is 2.14. The van der Waals surface area contributed by atoms with Gasteiger partial charge < -0.3 is 4.90 Å². The Labute approximate surface area is 87.9 Å². The molecular weight excluding hydrogens is 192 g/mol. The van der Waals surface area contributed by atoms with E-state index in [2.05, 4.69) is 4.98 Å². The first kappa shape index (κ1) is 9.83. The summed E-state index contributed by atoms with van der Waals surface area (Å²) in [4.78, 5) is 28.2. The molecule has 0 N–H and O–H groups in total. The molecule has 1 atom stereocenters. The van der Waals surface area contributed by atoms with Crippen molar-refractivity contribution in [3.63, 3.8) is 0 Å². The van der Waals surface area contributed by atoms with E-state index in [1.807, 2.05) is 19.1 Å².